The zero-order valence-electron chi connectivity index (χ0n) is 18.1. The third-order valence-electron chi connectivity index (χ3n) is 6.94. The van der Waals surface area contributed by atoms with Crippen LogP contribution >= 0.6 is 0 Å². The van der Waals surface area contributed by atoms with Crippen LogP contribution in [-0.4, -0.2) is 15.2 Å². The number of rotatable bonds is 3. The minimum atomic E-state index is -1.70. The van der Waals surface area contributed by atoms with Gasteiger partial charge in [-0.3, -0.25) is 0 Å². The Bertz CT molecular complexity index is 733. The van der Waals surface area contributed by atoms with Crippen LogP contribution in [0.4, 0.5) is 0 Å². The average Bonchev–Trinajstić information content (AvgIpc) is 2.69. The van der Waals surface area contributed by atoms with Crippen molar-refractivity contribution in [3.63, 3.8) is 0 Å². The van der Waals surface area contributed by atoms with Gasteiger partial charge >= 0.3 is 0 Å². The molecule has 25 heavy (non-hydrogen) atoms. The highest BCUT2D eigenvalue weighted by Crippen LogP contribution is 2.47. The quantitative estimate of drug-likeness (QED) is 0.562. The molecule has 0 bridgehead atoms. The molecule has 0 aliphatic heterocycles. The molecule has 0 spiro atoms. The molecule has 2 rings (SSSR count). The van der Waals surface area contributed by atoms with Crippen molar-refractivity contribution in [1.82, 2.24) is 0 Å². The lowest BCUT2D eigenvalue weighted by atomic mass is 9.87. The van der Waals surface area contributed by atoms with E-state index in [1.54, 1.807) is 0 Å². The predicted molar refractivity (Wildman–Crippen MR) is 114 cm³/mol. The fourth-order valence-corrected chi connectivity index (χ4v) is 6.14. The van der Waals surface area contributed by atoms with Crippen LogP contribution in [0.2, 0.25) is 18.1 Å². The van der Waals surface area contributed by atoms with E-state index in [0.717, 1.165) is 5.75 Å². The van der Waals surface area contributed by atoms with Gasteiger partial charge in [-0.15, -0.1) is 0 Å². The second-order valence-electron chi connectivity index (χ2n) is 9.36. The van der Waals surface area contributed by atoms with Gasteiger partial charge in [0, 0.05) is 11.5 Å². The highest BCUT2D eigenvalue weighted by Gasteiger charge is 2.40. The second-order valence-corrected chi connectivity index (χ2v) is 14.6. The molecular formula is C23H36OSi. The fourth-order valence-electron chi connectivity index (χ4n) is 3.93. The molecule has 0 heterocycles. The van der Waals surface area contributed by atoms with E-state index in [4.69, 9.17) is 4.74 Å². The topological polar surface area (TPSA) is 9.23 Å². The van der Waals surface area contributed by atoms with Gasteiger partial charge in [-0.25, -0.2) is 0 Å². The lowest BCUT2D eigenvalue weighted by molar-refractivity contribution is 0.411. The Morgan fingerprint density at radius 2 is 1.36 bits per heavy atom. The van der Waals surface area contributed by atoms with E-state index >= 15 is 0 Å². The summed E-state index contributed by atoms with van der Waals surface area (Å²) in [5, 5.41) is 1.74. The standard InChI is InChI=1S/C23H36OSi/c1-14-12-19(21-17(4)15(2)16(3)18(21)5)22(24-9)20(13-14)25(10,11)23(6,7)8/h12-13,21H,1-11H3. The van der Waals surface area contributed by atoms with Crippen molar-refractivity contribution >= 4 is 13.3 Å². The summed E-state index contributed by atoms with van der Waals surface area (Å²) in [6.07, 6.45) is 0. The molecule has 1 aliphatic rings. The van der Waals surface area contributed by atoms with Crippen LogP contribution in [0.5, 0.6) is 5.75 Å². The van der Waals surface area contributed by atoms with Crippen molar-refractivity contribution < 1.29 is 4.74 Å². The first kappa shape index (κ1) is 20.0. The normalized spacial score (nSPS) is 16.9. The Kier molecular flexibility index (Phi) is 5.18. The molecule has 0 unspecified atom stereocenters. The third kappa shape index (κ3) is 3.14. The molecule has 138 valence electrons. The van der Waals surface area contributed by atoms with E-state index in [2.05, 4.69) is 80.6 Å². The summed E-state index contributed by atoms with van der Waals surface area (Å²) in [6.45, 7) is 23.4. The molecule has 1 aromatic carbocycles. The zero-order chi connectivity index (χ0) is 19.3. The molecule has 1 nitrogen and oxygen atoms in total. The third-order valence-corrected chi connectivity index (χ3v) is 12.4. The lowest BCUT2D eigenvalue weighted by Gasteiger charge is -2.39. The molecule has 0 amide bonds. The lowest BCUT2D eigenvalue weighted by Crippen LogP contribution is -2.50. The number of methoxy groups -OCH3 is 1. The van der Waals surface area contributed by atoms with Crippen molar-refractivity contribution in [3.8, 4) is 5.75 Å². The summed E-state index contributed by atoms with van der Waals surface area (Å²) >= 11 is 0. The Labute approximate surface area is 156 Å². The van der Waals surface area contributed by atoms with E-state index in [-0.39, 0.29) is 5.04 Å². The minimum Gasteiger partial charge on any atom is -0.497 e. The summed E-state index contributed by atoms with van der Waals surface area (Å²) in [6, 6.07) is 4.73. The van der Waals surface area contributed by atoms with Gasteiger partial charge < -0.3 is 4.74 Å². The molecule has 0 aromatic heterocycles. The molecule has 1 aromatic rings. The maximum atomic E-state index is 6.08. The number of aryl methyl sites for hydroxylation is 1. The summed E-state index contributed by atoms with van der Waals surface area (Å²) in [5.41, 5.74) is 8.53. The summed E-state index contributed by atoms with van der Waals surface area (Å²) in [4.78, 5) is 0. The smallest absolute Gasteiger partial charge is 0.122 e. The van der Waals surface area contributed by atoms with Crippen molar-refractivity contribution in [2.24, 2.45) is 0 Å². The van der Waals surface area contributed by atoms with Gasteiger partial charge in [-0.1, -0.05) is 62.7 Å². The van der Waals surface area contributed by atoms with Gasteiger partial charge in [-0.05, 0) is 56.0 Å². The molecule has 1 aliphatic carbocycles. The van der Waals surface area contributed by atoms with Gasteiger partial charge in [0.1, 0.15) is 5.75 Å². The first-order valence-electron chi connectivity index (χ1n) is 9.38. The van der Waals surface area contributed by atoms with Gasteiger partial charge in [-0.2, -0.15) is 0 Å². The molecule has 0 saturated heterocycles. The first-order chi connectivity index (χ1) is 11.3. The first-order valence-corrected chi connectivity index (χ1v) is 12.4. The Morgan fingerprint density at radius 1 is 0.880 bits per heavy atom. The Morgan fingerprint density at radius 3 is 1.76 bits per heavy atom. The molecular weight excluding hydrogens is 320 g/mol. The molecule has 0 saturated carbocycles. The maximum absolute atomic E-state index is 6.08. The van der Waals surface area contributed by atoms with Gasteiger partial charge in [0.05, 0.1) is 15.2 Å². The van der Waals surface area contributed by atoms with Crippen LogP contribution in [0, 0.1) is 6.92 Å². The predicted octanol–water partition coefficient (Wildman–Crippen LogP) is 6.49. The van der Waals surface area contributed by atoms with E-state index in [1.807, 2.05) is 7.11 Å². The zero-order valence-corrected chi connectivity index (χ0v) is 19.1. The molecule has 0 fully saturated rings. The summed E-state index contributed by atoms with van der Waals surface area (Å²) in [5.74, 6) is 1.49. The van der Waals surface area contributed by atoms with E-state index in [9.17, 15) is 0 Å². The van der Waals surface area contributed by atoms with Gasteiger partial charge in [0.2, 0.25) is 0 Å². The molecule has 0 N–H and O–H groups in total. The Balaban J connectivity index is 2.79. The number of ether oxygens (including phenoxy) is 1. The van der Waals surface area contributed by atoms with Crippen LogP contribution in [0.25, 0.3) is 0 Å². The second kappa shape index (κ2) is 6.46. The van der Waals surface area contributed by atoms with E-state index in [0.29, 0.717) is 5.92 Å². The van der Waals surface area contributed by atoms with Crippen LogP contribution in [0.1, 0.15) is 65.5 Å². The highest BCUT2D eigenvalue weighted by atomic mass is 28.3. The van der Waals surface area contributed by atoms with Gasteiger partial charge in [0.15, 0.2) is 0 Å². The van der Waals surface area contributed by atoms with Crippen molar-refractivity contribution in [1.29, 1.82) is 0 Å². The number of hydrogen-bond donors (Lipinski definition) is 0. The molecule has 2 heteroatoms. The number of benzene rings is 1. The Hall–Kier alpha value is -1.28. The van der Waals surface area contributed by atoms with Crippen LogP contribution in [0.15, 0.2) is 34.4 Å². The van der Waals surface area contributed by atoms with Crippen LogP contribution in [0.3, 0.4) is 0 Å². The maximum Gasteiger partial charge on any atom is 0.122 e. The minimum absolute atomic E-state index is 0.280. The summed E-state index contributed by atoms with van der Waals surface area (Å²) in [7, 11) is 0.149. The highest BCUT2D eigenvalue weighted by molar-refractivity contribution is 6.92. The van der Waals surface area contributed by atoms with Crippen LogP contribution < -0.4 is 9.92 Å². The monoisotopic (exact) mass is 356 g/mol. The fraction of sp³-hybridized carbons (Fsp3) is 0.565. The molecule has 0 radical (unpaired) electrons. The van der Waals surface area contributed by atoms with Crippen LogP contribution in [-0.2, 0) is 0 Å². The SMILES string of the molecule is COc1c(C2C(C)=C(C)C(C)=C2C)cc(C)cc1[Si](C)(C)C(C)(C)C. The van der Waals surface area contributed by atoms with E-state index < -0.39 is 8.07 Å². The number of hydrogen-bond acceptors (Lipinski definition) is 1. The van der Waals surface area contributed by atoms with Gasteiger partial charge in [0.25, 0.3) is 0 Å². The van der Waals surface area contributed by atoms with Crippen molar-refractivity contribution in [3.05, 3.63) is 45.6 Å². The van der Waals surface area contributed by atoms with E-state index in [1.165, 1.54) is 38.6 Å². The number of allylic oxidation sites excluding steroid dienone is 4. The van der Waals surface area contributed by atoms with Crippen molar-refractivity contribution in [2.75, 3.05) is 7.11 Å². The average molecular weight is 357 g/mol. The van der Waals surface area contributed by atoms with Crippen molar-refractivity contribution in [2.45, 2.75) is 79.4 Å². The molecule has 0 atom stereocenters. The largest absolute Gasteiger partial charge is 0.497 e. The summed E-state index contributed by atoms with van der Waals surface area (Å²) < 4.78 is 6.08.